The minimum atomic E-state index is -3.83. The number of sulfonamides is 1. The third-order valence-corrected chi connectivity index (χ3v) is 7.09. The van der Waals surface area contributed by atoms with Gasteiger partial charge in [-0.3, -0.25) is 13.9 Å². The zero-order chi connectivity index (χ0) is 27.7. The normalized spacial score (nSPS) is 11.8. The summed E-state index contributed by atoms with van der Waals surface area (Å²) in [4.78, 5) is 27.3. The molecule has 0 aliphatic heterocycles. The number of nitrogens with zero attached hydrogens (tertiary/aromatic N) is 2. The molecule has 0 unspecified atom stereocenters. The van der Waals surface area contributed by atoms with Gasteiger partial charge in [0.2, 0.25) is 21.8 Å². The van der Waals surface area contributed by atoms with Crippen LogP contribution in [0.5, 0.6) is 11.5 Å². The molecule has 0 spiro atoms. The molecule has 0 aliphatic carbocycles. The Labute approximate surface area is 224 Å². The van der Waals surface area contributed by atoms with Crippen LogP contribution in [0, 0.1) is 0 Å². The molecular weight excluding hydrogens is 506 g/mol. The third-order valence-electron chi connectivity index (χ3n) is 5.95. The molecule has 0 radical (unpaired) electrons. The van der Waals surface area contributed by atoms with E-state index >= 15 is 0 Å². The maximum absolute atomic E-state index is 13.5. The van der Waals surface area contributed by atoms with E-state index in [1.165, 1.54) is 19.1 Å². The van der Waals surface area contributed by atoms with Crippen LogP contribution in [0.4, 0.5) is 5.69 Å². The van der Waals surface area contributed by atoms with Gasteiger partial charge in [0.05, 0.1) is 19.1 Å². The highest BCUT2D eigenvalue weighted by Gasteiger charge is 2.29. The summed E-state index contributed by atoms with van der Waals surface area (Å²) in [5.41, 5.74) is 2.04. The van der Waals surface area contributed by atoms with Crippen LogP contribution in [0.25, 0.3) is 0 Å². The first kappa shape index (κ1) is 28.5. The highest BCUT2D eigenvalue weighted by atomic mass is 32.2. The highest BCUT2D eigenvalue weighted by molar-refractivity contribution is 7.92. The number of amides is 2. The summed E-state index contributed by atoms with van der Waals surface area (Å²) in [6.07, 6.45) is 1.04. The average molecular weight is 540 g/mol. The number of ether oxygens (including phenoxy) is 2. The first-order valence-electron chi connectivity index (χ1n) is 12.0. The molecule has 0 heterocycles. The van der Waals surface area contributed by atoms with Crippen molar-refractivity contribution >= 4 is 27.5 Å². The first-order chi connectivity index (χ1) is 18.1. The molecule has 0 aliphatic rings. The number of benzene rings is 3. The van der Waals surface area contributed by atoms with E-state index in [0.29, 0.717) is 23.8 Å². The summed E-state index contributed by atoms with van der Waals surface area (Å²) in [5.74, 6) is 0.269. The van der Waals surface area contributed by atoms with Crippen molar-refractivity contribution in [2.24, 2.45) is 0 Å². The van der Waals surface area contributed by atoms with Crippen molar-refractivity contribution in [1.82, 2.24) is 10.2 Å². The number of hydrogen-bond donors (Lipinski definition) is 1. The van der Waals surface area contributed by atoms with Crippen molar-refractivity contribution < 1.29 is 27.5 Å². The zero-order valence-electron chi connectivity index (χ0n) is 22.0. The predicted molar refractivity (Wildman–Crippen MR) is 146 cm³/mol. The van der Waals surface area contributed by atoms with Crippen molar-refractivity contribution in [1.29, 1.82) is 0 Å². The van der Waals surface area contributed by atoms with Gasteiger partial charge in [-0.25, -0.2) is 8.42 Å². The lowest BCUT2D eigenvalue weighted by molar-refractivity contribution is -0.139. The van der Waals surface area contributed by atoms with E-state index in [9.17, 15) is 18.0 Å². The van der Waals surface area contributed by atoms with Crippen LogP contribution < -0.4 is 19.1 Å². The molecule has 0 saturated carbocycles. The van der Waals surface area contributed by atoms with Crippen LogP contribution in [0.1, 0.15) is 18.1 Å². The second-order valence-corrected chi connectivity index (χ2v) is 10.6. The van der Waals surface area contributed by atoms with Gasteiger partial charge in [-0.1, -0.05) is 42.5 Å². The Balaban J connectivity index is 1.81. The Morgan fingerprint density at radius 3 is 2.18 bits per heavy atom. The van der Waals surface area contributed by atoms with Crippen LogP contribution in [-0.2, 0) is 32.8 Å². The van der Waals surface area contributed by atoms with E-state index < -0.39 is 28.5 Å². The largest absolute Gasteiger partial charge is 0.497 e. The second kappa shape index (κ2) is 13.0. The van der Waals surface area contributed by atoms with E-state index in [2.05, 4.69) is 5.32 Å². The lowest BCUT2D eigenvalue weighted by atomic mass is 10.1. The number of carbonyl (C=O) groups is 2. The molecule has 2 amide bonds. The minimum Gasteiger partial charge on any atom is -0.497 e. The number of hydrogen-bond acceptors (Lipinski definition) is 6. The Hall–Kier alpha value is -4.05. The molecular formula is C28H33N3O6S. The molecule has 38 heavy (non-hydrogen) atoms. The molecule has 1 atom stereocenters. The Morgan fingerprint density at radius 1 is 0.921 bits per heavy atom. The fourth-order valence-corrected chi connectivity index (χ4v) is 4.67. The summed E-state index contributed by atoms with van der Waals surface area (Å²) >= 11 is 0. The van der Waals surface area contributed by atoms with Crippen LogP contribution >= 0.6 is 0 Å². The topological polar surface area (TPSA) is 105 Å². The van der Waals surface area contributed by atoms with Crippen LogP contribution in [0.2, 0.25) is 0 Å². The summed E-state index contributed by atoms with van der Waals surface area (Å²) in [6, 6.07) is 22.4. The number of carbonyl (C=O) groups excluding carboxylic acids is 2. The highest BCUT2D eigenvalue weighted by Crippen LogP contribution is 2.23. The zero-order valence-corrected chi connectivity index (χ0v) is 22.8. The standard InChI is InChI=1S/C28H33N3O6S/c1-21(28(33)29-2)30(18-23-11-8-12-26(17-23)36-3)27(32)19-31(38(4,34)35)24-13-15-25(16-14-24)37-20-22-9-6-5-7-10-22/h5-17,21H,18-20H2,1-4H3,(H,29,33)/t21-/m1/s1. The minimum absolute atomic E-state index is 0.0918. The smallest absolute Gasteiger partial charge is 0.244 e. The lowest BCUT2D eigenvalue weighted by Gasteiger charge is -2.31. The molecule has 1 N–H and O–H groups in total. The van der Waals surface area contributed by atoms with Crippen molar-refractivity contribution in [3.8, 4) is 11.5 Å². The average Bonchev–Trinajstić information content (AvgIpc) is 2.93. The maximum atomic E-state index is 13.5. The van der Waals surface area contributed by atoms with Gasteiger partial charge in [0.15, 0.2) is 0 Å². The van der Waals surface area contributed by atoms with Crippen LogP contribution in [0.3, 0.4) is 0 Å². The Kier molecular flexibility index (Phi) is 9.72. The number of rotatable bonds is 12. The van der Waals surface area contributed by atoms with E-state index in [4.69, 9.17) is 9.47 Å². The quantitative estimate of drug-likeness (QED) is 0.379. The number of nitrogens with one attached hydrogen (secondary N) is 1. The summed E-state index contributed by atoms with van der Waals surface area (Å²) < 4.78 is 37.5. The van der Waals surface area contributed by atoms with Crippen molar-refractivity contribution in [3.63, 3.8) is 0 Å². The van der Waals surface area contributed by atoms with Gasteiger partial charge in [-0.15, -0.1) is 0 Å². The van der Waals surface area contributed by atoms with Gasteiger partial charge in [0.25, 0.3) is 0 Å². The molecule has 0 fully saturated rings. The van der Waals surface area contributed by atoms with E-state index in [1.807, 2.05) is 36.4 Å². The van der Waals surface area contributed by atoms with Crippen LogP contribution in [0.15, 0.2) is 78.9 Å². The molecule has 3 rings (SSSR count). The maximum Gasteiger partial charge on any atom is 0.244 e. The molecule has 3 aromatic rings. The number of anilines is 1. The van der Waals surface area contributed by atoms with Gasteiger partial charge in [-0.05, 0) is 54.4 Å². The van der Waals surface area contributed by atoms with Crippen LogP contribution in [-0.4, -0.2) is 58.1 Å². The molecule has 9 nitrogen and oxygen atoms in total. The van der Waals surface area contributed by atoms with Gasteiger partial charge in [0.1, 0.15) is 30.7 Å². The van der Waals surface area contributed by atoms with E-state index in [-0.39, 0.29) is 12.5 Å². The summed E-state index contributed by atoms with van der Waals surface area (Å²) in [6.45, 7) is 1.58. The van der Waals surface area contributed by atoms with Gasteiger partial charge in [-0.2, -0.15) is 0 Å². The molecule has 0 bridgehead atoms. The van der Waals surface area contributed by atoms with Crippen molar-refractivity contribution in [2.75, 3.05) is 31.3 Å². The van der Waals surface area contributed by atoms with Gasteiger partial charge in [0, 0.05) is 13.6 Å². The van der Waals surface area contributed by atoms with Gasteiger partial charge < -0.3 is 19.7 Å². The SMILES string of the molecule is CNC(=O)[C@@H](C)N(Cc1cccc(OC)c1)C(=O)CN(c1ccc(OCc2ccccc2)cc1)S(C)(=O)=O. The van der Waals surface area contributed by atoms with E-state index in [0.717, 1.165) is 21.7 Å². The second-order valence-electron chi connectivity index (χ2n) is 8.70. The fraction of sp³-hybridized carbons (Fsp3) is 0.286. The van der Waals surface area contributed by atoms with E-state index in [1.54, 1.807) is 49.4 Å². The molecule has 0 saturated heterocycles. The molecule has 202 valence electrons. The van der Waals surface area contributed by atoms with Crippen molar-refractivity contribution in [3.05, 3.63) is 90.0 Å². The molecule has 0 aromatic heterocycles. The third kappa shape index (κ3) is 7.72. The van der Waals surface area contributed by atoms with Crippen molar-refractivity contribution in [2.45, 2.75) is 26.1 Å². The fourth-order valence-electron chi connectivity index (χ4n) is 3.82. The monoisotopic (exact) mass is 539 g/mol. The molecule has 3 aromatic carbocycles. The summed E-state index contributed by atoms with van der Waals surface area (Å²) in [7, 11) is -0.803. The number of methoxy groups -OCH3 is 1. The Morgan fingerprint density at radius 2 is 1.58 bits per heavy atom. The Bertz CT molecular complexity index is 1330. The first-order valence-corrected chi connectivity index (χ1v) is 13.9. The predicted octanol–water partition coefficient (Wildman–Crippen LogP) is 3.20. The molecule has 10 heteroatoms. The summed E-state index contributed by atoms with van der Waals surface area (Å²) in [5, 5.41) is 2.55. The van der Waals surface area contributed by atoms with Gasteiger partial charge >= 0.3 is 0 Å². The number of likely N-dealkylation sites (N-methyl/N-ethyl adjacent to an activating group) is 1. The lowest BCUT2D eigenvalue weighted by Crippen LogP contribution is -2.50.